The van der Waals surface area contributed by atoms with Crippen LogP contribution in [0.25, 0.3) is 0 Å². The second-order valence-electron chi connectivity index (χ2n) is 3.86. The van der Waals surface area contributed by atoms with Crippen molar-refractivity contribution in [3.8, 4) is 5.75 Å². The fourth-order valence-corrected chi connectivity index (χ4v) is 1.59. The van der Waals surface area contributed by atoms with Crippen LogP contribution in [0.1, 0.15) is 38.4 Å². The summed E-state index contributed by atoms with van der Waals surface area (Å²) in [7, 11) is 0. The van der Waals surface area contributed by atoms with E-state index in [9.17, 15) is 5.11 Å². The highest BCUT2D eigenvalue weighted by Crippen LogP contribution is 2.26. The lowest BCUT2D eigenvalue weighted by Crippen LogP contribution is -2.06. The van der Waals surface area contributed by atoms with Gasteiger partial charge in [-0.05, 0) is 19.4 Å². The first-order valence-corrected chi connectivity index (χ1v) is 6.27. The Morgan fingerprint density at radius 2 is 1.94 bits per heavy atom. The molecule has 0 aliphatic rings. The summed E-state index contributed by atoms with van der Waals surface area (Å²) in [6.45, 7) is 6.01. The molecule has 0 amide bonds. The van der Waals surface area contributed by atoms with E-state index in [0.29, 0.717) is 13.0 Å². The van der Waals surface area contributed by atoms with Crippen molar-refractivity contribution in [2.24, 2.45) is 0 Å². The standard InChI is InChI=1S/C14H22O3/c1-3-13(15)12-8-5-6-9-14(12)17-11-7-10-16-4-2/h5-6,8-9,13,15H,3-4,7,10-11H2,1-2H3/t13-/m1/s1. The summed E-state index contributed by atoms with van der Waals surface area (Å²) >= 11 is 0. The summed E-state index contributed by atoms with van der Waals surface area (Å²) in [5, 5.41) is 9.85. The van der Waals surface area contributed by atoms with Crippen LogP contribution in [0.5, 0.6) is 5.75 Å². The molecular weight excluding hydrogens is 216 g/mol. The van der Waals surface area contributed by atoms with Gasteiger partial charge in [0.2, 0.25) is 0 Å². The minimum Gasteiger partial charge on any atom is -0.493 e. The van der Waals surface area contributed by atoms with Crippen molar-refractivity contribution in [2.45, 2.75) is 32.8 Å². The molecule has 1 N–H and O–H groups in total. The Morgan fingerprint density at radius 3 is 2.65 bits per heavy atom. The van der Waals surface area contributed by atoms with Crippen LogP contribution in [-0.2, 0) is 4.74 Å². The predicted molar refractivity (Wildman–Crippen MR) is 68.3 cm³/mol. The molecule has 0 unspecified atom stereocenters. The molecule has 0 aliphatic heterocycles. The lowest BCUT2D eigenvalue weighted by atomic mass is 10.1. The Labute approximate surface area is 103 Å². The van der Waals surface area contributed by atoms with Crippen LogP contribution in [0.15, 0.2) is 24.3 Å². The number of aliphatic hydroxyl groups excluding tert-OH is 1. The second-order valence-corrected chi connectivity index (χ2v) is 3.86. The molecule has 0 aromatic heterocycles. The number of benzene rings is 1. The Bertz CT molecular complexity index is 312. The summed E-state index contributed by atoms with van der Waals surface area (Å²) in [6, 6.07) is 7.64. The normalized spacial score (nSPS) is 12.4. The van der Waals surface area contributed by atoms with E-state index in [1.54, 1.807) is 0 Å². The molecule has 0 aliphatic carbocycles. The van der Waals surface area contributed by atoms with Crippen LogP contribution < -0.4 is 4.74 Å². The number of rotatable bonds is 8. The average Bonchev–Trinajstić information content (AvgIpc) is 2.38. The highest BCUT2D eigenvalue weighted by Gasteiger charge is 2.10. The highest BCUT2D eigenvalue weighted by atomic mass is 16.5. The summed E-state index contributed by atoms with van der Waals surface area (Å²) in [6.07, 6.45) is 1.11. The second kappa shape index (κ2) is 8.09. The molecule has 0 bridgehead atoms. The summed E-state index contributed by atoms with van der Waals surface area (Å²) in [5.74, 6) is 0.776. The van der Waals surface area contributed by atoms with Gasteiger partial charge in [0.15, 0.2) is 0 Å². The van der Waals surface area contributed by atoms with Gasteiger partial charge in [-0.15, -0.1) is 0 Å². The minimum absolute atomic E-state index is 0.446. The van der Waals surface area contributed by atoms with Crippen molar-refractivity contribution < 1.29 is 14.6 Å². The molecule has 1 rings (SSSR count). The van der Waals surface area contributed by atoms with E-state index in [0.717, 1.165) is 30.9 Å². The van der Waals surface area contributed by atoms with Crippen LogP contribution in [0.3, 0.4) is 0 Å². The Kier molecular flexibility index (Phi) is 6.67. The van der Waals surface area contributed by atoms with Crippen molar-refractivity contribution in [1.29, 1.82) is 0 Å². The van der Waals surface area contributed by atoms with Crippen LogP contribution >= 0.6 is 0 Å². The van der Waals surface area contributed by atoms with Crippen molar-refractivity contribution in [2.75, 3.05) is 19.8 Å². The summed E-state index contributed by atoms with van der Waals surface area (Å²) in [4.78, 5) is 0. The van der Waals surface area contributed by atoms with Gasteiger partial charge in [0, 0.05) is 25.2 Å². The van der Waals surface area contributed by atoms with Crippen molar-refractivity contribution >= 4 is 0 Å². The molecule has 1 aromatic carbocycles. The quantitative estimate of drug-likeness (QED) is 0.708. The summed E-state index contributed by atoms with van der Waals surface area (Å²) in [5.41, 5.74) is 0.867. The fourth-order valence-electron chi connectivity index (χ4n) is 1.59. The zero-order chi connectivity index (χ0) is 12.5. The van der Waals surface area contributed by atoms with Gasteiger partial charge in [0.05, 0.1) is 12.7 Å². The molecule has 3 nitrogen and oxygen atoms in total. The molecule has 0 saturated carbocycles. The smallest absolute Gasteiger partial charge is 0.125 e. The Balaban J connectivity index is 2.46. The topological polar surface area (TPSA) is 38.7 Å². The highest BCUT2D eigenvalue weighted by molar-refractivity contribution is 5.34. The molecular formula is C14H22O3. The average molecular weight is 238 g/mol. The molecule has 1 aromatic rings. The van der Waals surface area contributed by atoms with E-state index < -0.39 is 6.10 Å². The fraction of sp³-hybridized carbons (Fsp3) is 0.571. The first-order chi connectivity index (χ1) is 8.29. The lowest BCUT2D eigenvalue weighted by molar-refractivity contribution is 0.128. The van der Waals surface area contributed by atoms with Gasteiger partial charge in [-0.1, -0.05) is 25.1 Å². The maximum absolute atomic E-state index is 9.85. The third-order valence-electron chi connectivity index (χ3n) is 2.56. The number of hydrogen-bond donors (Lipinski definition) is 1. The molecule has 0 spiro atoms. The van der Waals surface area contributed by atoms with Gasteiger partial charge >= 0.3 is 0 Å². The molecule has 0 radical (unpaired) electrons. The van der Waals surface area contributed by atoms with Gasteiger partial charge in [-0.25, -0.2) is 0 Å². The lowest BCUT2D eigenvalue weighted by Gasteiger charge is -2.14. The Morgan fingerprint density at radius 1 is 1.18 bits per heavy atom. The van der Waals surface area contributed by atoms with Gasteiger partial charge in [0.25, 0.3) is 0 Å². The largest absolute Gasteiger partial charge is 0.493 e. The van der Waals surface area contributed by atoms with Gasteiger partial charge in [-0.2, -0.15) is 0 Å². The maximum atomic E-state index is 9.85. The first kappa shape index (κ1) is 14.0. The number of aliphatic hydroxyl groups is 1. The third kappa shape index (κ3) is 4.75. The van der Waals surface area contributed by atoms with Gasteiger partial charge < -0.3 is 14.6 Å². The SMILES string of the molecule is CCOCCCOc1ccccc1[C@H](O)CC. The van der Waals surface area contributed by atoms with E-state index >= 15 is 0 Å². The van der Waals surface area contributed by atoms with Gasteiger partial charge in [0.1, 0.15) is 5.75 Å². The predicted octanol–water partition coefficient (Wildman–Crippen LogP) is 2.94. The minimum atomic E-state index is -0.446. The Hall–Kier alpha value is -1.06. The first-order valence-electron chi connectivity index (χ1n) is 6.27. The van der Waals surface area contributed by atoms with Crippen LogP contribution in [0, 0.1) is 0 Å². The molecule has 0 fully saturated rings. The van der Waals surface area contributed by atoms with Crippen molar-refractivity contribution in [1.82, 2.24) is 0 Å². The van der Waals surface area contributed by atoms with Crippen LogP contribution in [0.2, 0.25) is 0 Å². The van der Waals surface area contributed by atoms with Gasteiger partial charge in [-0.3, -0.25) is 0 Å². The van der Waals surface area contributed by atoms with Crippen molar-refractivity contribution in [3.63, 3.8) is 0 Å². The summed E-state index contributed by atoms with van der Waals surface area (Å²) < 4.78 is 10.9. The van der Waals surface area contributed by atoms with Crippen LogP contribution in [-0.4, -0.2) is 24.9 Å². The molecule has 96 valence electrons. The molecule has 0 saturated heterocycles. The zero-order valence-electron chi connectivity index (χ0n) is 10.7. The number of ether oxygens (including phenoxy) is 2. The zero-order valence-corrected chi connectivity index (χ0v) is 10.7. The molecule has 1 atom stereocenters. The molecule has 0 heterocycles. The monoisotopic (exact) mass is 238 g/mol. The molecule has 3 heteroatoms. The maximum Gasteiger partial charge on any atom is 0.125 e. The number of hydrogen-bond acceptors (Lipinski definition) is 3. The van der Waals surface area contributed by atoms with Crippen molar-refractivity contribution in [3.05, 3.63) is 29.8 Å². The van der Waals surface area contributed by atoms with E-state index in [2.05, 4.69) is 0 Å². The van der Waals surface area contributed by atoms with E-state index in [4.69, 9.17) is 9.47 Å². The van der Waals surface area contributed by atoms with E-state index in [-0.39, 0.29) is 0 Å². The third-order valence-corrected chi connectivity index (χ3v) is 2.56. The molecule has 17 heavy (non-hydrogen) atoms. The van der Waals surface area contributed by atoms with E-state index in [1.165, 1.54) is 0 Å². The number of para-hydroxylation sites is 1. The van der Waals surface area contributed by atoms with E-state index in [1.807, 2.05) is 38.1 Å². The van der Waals surface area contributed by atoms with Crippen LogP contribution in [0.4, 0.5) is 0 Å².